The second kappa shape index (κ2) is 5.64. The van der Waals surface area contributed by atoms with Gasteiger partial charge in [-0.15, -0.1) is 0 Å². The van der Waals surface area contributed by atoms with Crippen molar-refractivity contribution in [2.45, 2.75) is 6.04 Å². The Hall–Kier alpha value is -2.50. The first-order chi connectivity index (χ1) is 9.49. The number of amides is 1. The van der Waals surface area contributed by atoms with E-state index >= 15 is 0 Å². The molecule has 0 aliphatic carbocycles. The van der Waals surface area contributed by atoms with Crippen LogP contribution in [0.25, 0.3) is 0 Å². The van der Waals surface area contributed by atoms with Gasteiger partial charge >= 0.3 is 0 Å². The van der Waals surface area contributed by atoms with E-state index in [0.717, 1.165) is 12.1 Å². The topological polar surface area (TPSA) is 55.1 Å². The monoisotopic (exact) mass is 280 g/mol. The highest BCUT2D eigenvalue weighted by Gasteiger charge is 2.23. The summed E-state index contributed by atoms with van der Waals surface area (Å²) in [5.74, 6) is -3.69. The van der Waals surface area contributed by atoms with E-state index in [1.807, 2.05) is 0 Å². The molecule has 0 bridgehead atoms. The number of hydrogen-bond donors (Lipinski definition) is 2. The van der Waals surface area contributed by atoms with Gasteiger partial charge in [-0.25, -0.2) is 13.2 Å². The number of rotatable bonds is 4. The molecule has 0 heterocycles. The van der Waals surface area contributed by atoms with Crippen LogP contribution in [0.5, 0.6) is 0 Å². The van der Waals surface area contributed by atoms with Crippen molar-refractivity contribution in [2.24, 2.45) is 5.73 Å². The maximum atomic E-state index is 13.7. The Morgan fingerprint density at radius 3 is 2.45 bits per heavy atom. The van der Waals surface area contributed by atoms with E-state index in [2.05, 4.69) is 5.32 Å². The van der Waals surface area contributed by atoms with Gasteiger partial charge in [0.25, 0.3) is 0 Å². The summed E-state index contributed by atoms with van der Waals surface area (Å²) in [5, 5.41) is 2.58. The van der Waals surface area contributed by atoms with Crippen LogP contribution in [-0.2, 0) is 4.79 Å². The first kappa shape index (κ1) is 13.9. The molecule has 0 aromatic heterocycles. The molecule has 0 spiro atoms. The highest BCUT2D eigenvalue weighted by atomic mass is 19.2. The lowest BCUT2D eigenvalue weighted by Gasteiger charge is -2.18. The van der Waals surface area contributed by atoms with Gasteiger partial charge in [0.1, 0.15) is 11.9 Å². The van der Waals surface area contributed by atoms with Crippen molar-refractivity contribution in [1.29, 1.82) is 0 Å². The van der Waals surface area contributed by atoms with E-state index in [-0.39, 0.29) is 11.3 Å². The number of benzene rings is 2. The lowest BCUT2D eigenvalue weighted by molar-refractivity contribution is -0.118. The second-order valence-electron chi connectivity index (χ2n) is 4.13. The molecule has 3 N–H and O–H groups in total. The van der Waals surface area contributed by atoms with Gasteiger partial charge in [-0.1, -0.05) is 18.2 Å². The number of nitrogens with two attached hydrogens (primary N) is 1. The predicted molar refractivity (Wildman–Crippen MR) is 68.3 cm³/mol. The Kier molecular flexibility index (Phi) is 3.93. The highest BCUT2D eigenvalue weighted by Crippen LogP contribution is 2.23. The third-order valence-electron chi connectivity index (χ3n) is 2.71. The fourth-order valence-corrected chi connectivity index (χ4v) is 1.79. The number of carbonyl (C=O) groups excluding carboxylic acids is 1. The van der Waals surface area contributed by atoms with Crippen LogP contribution in [0.4, 0.5) is 18.9 Å². The minimum absolute atomic E-state index is 0.234. The molecule has 1 amide bonds. The molecule has 1 atom stereocenters. The molecule has 0 saturated carbocycles. The van der Waals surface area contributed by atoms with Crippen molar-refractivity contribution < 1.29 is 18.0 Å². The number of carbonyl (C=O) groups is 1. The molecular formula is C14H11F3N2O. The van der Waals surface area contributed by atoms with E-state index in [1.54, 1.807) is 0 Å². The predicted octanol–water partition coefficient (Wildman–Crippen LogP) is 2.74. The molecule has 0 fully saturated rings. The van der Waals surface area contributed by atoms with Crippen LogP contribution in [-0.4, -0.2) is 5.91 Å². The van der Waals surface area contributed by atoms with E-state index < -0.39 is 29.4 Å². The van der Waals surface area contributed by atoms with Gasteiger partial charge in [0, 0.05) is 11.3 Å². The molecule has 0 aliphatic rings. The van der Waals surface area contributed by atoms with Crippen LogP contribution in [0, 0.1) is 17.5 Å². The molecule has 6 heteroatoms. The number of primary amides is 1. The van der Waals surface area contributed by atoms with Crippen molar-refractivity contribution in [2.75, 3.05) is 5.32 Å². The van der Waals surface area contributed by atoms with Gasteiger partial charge in [-0.3, -0.25) is 4.79 Å². The van der Waals surface area contributed by atoms with E-state index in [9.17, 15) is 18.0 Å². The maximum Gasteiger partial charge on any atom is 0.244 e. The summed E-state index contributed by atoms with van der Waals surface area (Å²) in [4.78, 5) is 11.4. The summed E-state index contributed by atoms with van der Waals surface area (Å²) in [6, 6.07) is 7.36. The maximum absolute atomic E-state index is 13.7. The molecule has 0 saturated heterocycles. The van der Waals surface area contributed by atoms with Gasteiger partial charge in [0.15, 0.2) is 11.6 Å². The van der Waals surface area contributed by atoms with Gasteiger partial charge in [-0.2, -0.15) is 0 Å². The minimum Gasteiger partial charge on any atom is -0.370 e. The summed E-state index contributed by atoms with van der Waals surface area (Å²) in [5.41, 5.74) is 5.19. The van der Waals surface area contributed by atoms with E-state index in [4.69, 9.17) is 5.73 Å². The molecule has 2 aromatic rings. The smallest absolute Gasteiger partial charge is 0.244 e. The fourth-order valence-electron chi connectivity index (χ4n) is 1.79. The van der Waals surface area contributed by atoms with Gasteiger partial charge in [0.2, 0.25) is 5.91 Å². The summed E-state index contributed by atoms with van der Waals surface area (Å²) < 4.78 is 40.0. The minimum atomic E-state index is -1.30. The number of hydrogen-bond acceptors (Lipinski definition) is 2. The average Bonchev–Trinajstić information content (AvgIpc) is 2.39. The molecule has 2 rings (SSSR count). The molecule has 20 heavy (non-hydrogen) atoms. The molecule has 3 nitrogen and oxygen atoms in total. The first-order valence-corrected chi connectivity index (χ1v) is 5.74. The Balaban J connectivity index is 2.37. The zero-order chi connectivity index (χ0) is 14.7. The summed E-state index contributed by atoms with van der Waals surface area (Å²) >= 11 is 0. The number of nitrogens with one attached hydrogen (secondary N) is 1. The quantitative estimate of drug-likeness (QED) is 0.904. The summed E-state index contributed by atoms with van der Waals surface area (Å²) in [7, 11) is 0. The van der Waals surface area contributed by atoms with Gasteiger partial charge in [0.05, 0.1) is 0 Å². The second-order valence-corrected chi connectivity index (χ2v) is 4.13. The average molecular weight is 280 g/mol. The standard InChI is InChI=1S/C14H11F3N2O/c15-8-3-1-4-9(7-8)19-13(14(18)20)10-5-2-6-11(16)12(10)17/h1-7,13,19H,(H2,18,20). The van der Waals surface area contributed by atoms with Crippen molar-refractivity contribution in [3.8, 4) is 0 Å². The van der Waals surface area contributed by atoms with Crippen LogP contribution >= 0.6 is 0 Å². The van der Waals surface area contributed by atoms with Crippen LogP contribution in [0.15, 0.2) is 42.5 Å². The molecule has 1 unspecified atom stereocenters. The van der Waals surface area contributed by atoms with Crippen molar-refractivity contribution in [1.82, 2.24) is 0 Å². The Labute approximate surface area is 113 Å². The fraction of sp³-hybridized carbons (Fsp3) is 0.0714. The molecule has 0 radical (unpaired) electrons. The van der Waals surface area contributed by atoms with Crippen molar-refractivity contribution >= 4 is 11.6 Å². The first-order valence-electron chi connectivity index (χ1n) is 5.74. The van der Waals surface area contributed by atoms with Crippen molar-refractivity contribution in [3.63, 3.8) is 0 Å². The largest absolute Gasteiger partial charge is 0.370 e. The van der Waals surface area contributed by atoms with Gasteiger partial charge < -0.3 is 11.1 Å². The van der Waals surface area contributed by atoms with Crippen LogP contribution < -0.4 is 11.1 Å². The lowest BCUT2D eigenvalue weighted by Crippen LogP contribution is -2.28. The molecular weight excluding hydrogens is 269 g/mol. The van der Waals surface area contributed by atoms with Crippen LogP contribution in [0.1, 0.15) is 11.6 Å². The van der Waals surface area contributed by atoms with E-state index in [1.165, 1.54) is 30.3 Å². The summed E-state index contributed by atoms with van der Waals surface area (Å²) in [6.45, 7) is 0. The normalized spacial score (nSPS) is 11.9. The zero-order valence-corrected chi connectivity index (χ0v) is 10.2. The molecule has 0 aliphatic heterocycles. The zero-order valence-electron chi connectivity index (χ0n) is 10.2. The SMILES string of the molecule is NC(=O)C(Nc1cccc(F)c1)c1cccc(F)c1F. The Morgan fingerprint density at radius 1 is 1.10 bits per heavy atom. The molecule has 104 valence electrons. The molecule has 2 aromatic carbocycles. The Bertz CT molecular complexity index is 646. The van der Waals surface area contributed by atoms with E-state index in [0.29, 0.717) is 0 Å². The summed E-state index contributed by atoms with van der Waals surface area (Å²) in [6.07, 6.45) is 0. The lowest BCUT2D eigenvalue weighted by atomic mass is 10.0. The number of halogens is 3. The third-order valence-corrected chi connectivity index (χ3v) is 2.71. The third kappa shape index (κ3) is 2.90. The highest BCUT2D eigenvalue weighted by molar-refractivity contribution is 5.84. The number of anilines is 1. The Morgan fingerprint density at radius 2 is 1.80 bits per heavy atom. The van der Waals surface area contributed by atoms with Gasteiger partial charge in [-0.05, 0) is 24.3 Å². The van der Waals surface area contributed by atoms with Crippen LogP contribution in [0.2, 0.25) is 0 Å². The van der Waals surface area contributed by atoms with Crippen molar-refractivity contribution in [3.05, 3.63) is 65.5 Å². The van der Waals surface area contributed by atoms with Crippen LogP contribution in [0.3, 0.4) is 0 Å².